The average Bonchev–Trinajstić information content (AvgIpc) is 3.02. The summed E-state index contributed by atoms with van der Waals surface area (Å²) in [5.41, 5.74) is 0. The van der Waals surface area contributed by atoms with Gasteiger partial charge in [0.05, 0.1) is 6.61 Å². The molecule has 0 aliphatic rings. The zero-order valence-electron chi connectivity index (χ0n) is 28.4. The second-order valence-electron chi connectivity index (χ2n) is 11.6. The lowest BCUT2D eigenvalue weighted by atomic mass is 10.1. The lowest BCUT2D eigenvalue weighted by molar-refractivity contribution is -0.161. The first kappa shape index (κ1) is 41.6. The van der Waals surface area contributed by atoms with Crippen molar-refractivity contribution in [2.24, 2.45) is 0 Å². The van der Waals surface area contributed by atoms with E-state index in [2.05, 4.69) is 74.6 Å². The van der Waals surface area contributed by atoms with E-state index in [1.807, 2.05) is 0 Å². The van der Waals surface area contributed by atoms with Gasteiger partial charge in [0.1, 0.15) is 6.61 Å². The highest BCUT2D eigenvalue weighted by Crippen LogP contribution is 2.11. The number of rotatable bonds is 31. The van der Waals surface area contributed by atoms with Crippen LogP contribution in [0.3, 0.4) is 0 Å². The molecule has 0 radical (unpaired) electrons. The van der Waals surface area contributed by atoms with Crippen LogP contribution in [0.2, 0.25) is 0 Å². The van der Waals surface area contributed by atoms with Crippen LogP contribution in [0.1, 0.15) is 155 Å². The first-order valence-corrected chi connectivity index (χ1v) is 17.8. The molecule has 0 amide bonds. The fourth-order valence-electron chi connectivity index (χ4n) is 4.58. The molecular formula is C39H66O5. The smallest absolute Gasteiger partial charge is 0.306 e. The Labute approximate surface area is 271 Å². The van der Waals surface area contributed by atoms with Gasteiger partial charge in [0.25, 0.3) is 0 Å². The minimum Gasteiger partial charge on any atom is -0.462 e. The standard InChI is InChI=1S/C39H66O5/c1-3-5-7-9-11-13-15-16-17-18-19-20-21-22-24-26-28-30-32-34-39(42)44-37(35-40)36-43-38(41)33-31-29-27-25-23-14-12-10-8-6-4-2/h5,7,10-13,16-17,19-20,37,40H,3-4,6,8-9,14-15,18,21-36H2,1-2H3/b7-5-,12-10-,13-11-,17-16-,20-19-. The van der Waals surface area contributed by atoms with Crippen LogP contribution in [0.25, 0.3) is 0 Å². The van der Waals surface area contributed by atoms with E-state index < -0.39 is 6.10 Å². The summed E-state index contributed by atoms with van der Waals surface area (Å²) in [6.45, 7) is 3.94. The summed E-state index contributed by atoms with van der Waals surface area (Å²) in [6.07, 6.45) is 44.2. The first-order valence-electron chi connectivity index (χ1n) is 17.8. The largest absolute Gasteiger partial charge is 0.462 e. The molecule has 1 unspecified atom stereocenters. The fraction of sp³-hybridized carbons (Fsp3) is 0.692. The van der Waals surface area contributed by atoms with Crippen molar-refractivity contribution in [3.05, 3.63) is 60.8 Å². The van der Waals surface area contributed by atoms with E-state index in [1.54, 1.807) is 0 Å². The van der Waals surface area contributed by atoms with E-state index in [9.17, 15) is 14.7 Å². The Morgan fingerprint density at radius 1 is 0.545 bits per heavy atom. The predicted octanol–water partition coefficient (Wildman–Crippen LogP) is 10.8. The number of aliphatic hydroxyl groups excluding tert-OH is 1. The molecule has 0 spiro atoms. The van der Waals surface area contributed by atoms with Crippen LogP contribution in [0, 0.1) is 0 Å². The maximum absolute atomic E-state index is 12.1. The summed E-state index contributed by atoms with van der Waals surface area (Å²) in [5, 5.41) is 9.51. The minimum atomic E-state index is -0.782. The second kappa shape index (κ2) is 35.1. The van der Waals surface area contributed by atoms with E-state index >= 15 is 0 Å². The van der Waals surface area contributed by atoms with Crippen LogP contribution in [0.15, 0.2) is 60.8 Å². The molecule has 0 fully saturated rings. The van der Waals surface area contributed by atoms with E-state index in [0.29, 0.717) is 12.8 Å². The summed E-state index contributed by atoms with van der Waals surface area (Å²) in [7, 11) is 0. The van der Waals surface area contributed by atoms with Gasteiger partial charge in [-0.2, -0.15) is 0 Å². The summed E-state index contributed by atoms with van der Waals surface area (Å²) in [5.74, 6) is -0.625. The maximum atomic E-state index is 12.1. The van der Waals surface area contributed by atoms with Gasteiger partial charge in [0, 0.05) is 12.8 Å². The number of hydrogen-bond donors (Lipinski definition) is 1. The zero-order chi connectivity index (χ0) is 32.2. The molecule has 0 heterocycles. The molecular weight excluding hydrogens is 548 g/mol. The third-order valence-electron chi connectivity index (χ3n) is 7.30. The summed E-state index contributed by atoms with van der Waals surface area (Å²) in [6, 6.07) is 0. The summed E-state index contributed by atoms with van der Waals surface area (Å²) >= 11 is 0. The van der Waals surface area contributed by atoms with Gasteiger partial charge >= 0.3 is 11.9 Å². The monoisotopic (exact) mass is 614 g/mol. The lowest BCUT2D eigenvalue weighted by Crippen LogP contribution is -2.28. The molecule has 0 aliphatic carbocycles. The molecule has 252 valence electrons. The zero-order valence-corrected chi connectivity index (χ0v) is 28.4. The van der Waals surface area contributed by atoms with E-state index in [1.165, 1.54) is 51.4 Å². The average molecular weight is 615 g/mol. The van der Waals surface area contributed by atoms with Crippen LogP contribution in [0.4, 0.5) is 0 Å². The van der Waals surface area contributed by atoms with Gasteiger partial charge in [-0.05, 0) is 70.6 Å². The van der Waals surface area contributed by atoms with Gasteiger partial charge in [0.15, 0.2) is 6.10 Å². The Kier molecular flexibility index (Phi) is 33.2. The molecule has 0 saturated carbocycles. The van der Waals surface area contributed by atoms with Gasteiger partial charge in [-0.1, -0.05) is 132 Å². The lowest BCUT2D eigenvalue weighted by Gasteiger charge is -2.15. The number of carbonyl (C=O) groups excluding carboxylic acids is 2. The molecule has 1 atom stereocenters. The molecule has 0 rings (SSSR count). The normalized spacial score (nSPS) is 12.9. The van der Waals surface area contributed by atoms with Crippen molar-refractivity contribution in [2.45, 2.75) is 161 Å². The van der Waals surface area contributed by atoms with Gasteiger partial charge in [-0.3, -0.25) is 9.59 Å². The van der Waals surface area contributed by atoms with Crippen LogP contribution in [-0.4, -0.2) is 36.4 Å². The Morgan fingerprint density at radius 3 is 1.50 bits per heavy atom. The molecule has 1 N–H and O–H groups in total. The van der Waals surface area contributed by atoms with Crippen LogP contribution in [0.5, 0.6) is 0 Å². The molecule has 5 nitrogen and oxygen atoms in total. The van der Waals surface area contributed by atoms with Crippen molar-refractivity contribution < 1.29 is 24.2 Å². The summed E-state index contributed by atoms with van der Waals surface area (Å²) < 4.78 is 10.5. The highest BCUT2D eigenvalue weighted by Gasteiger charge is 2.16. The van der Waals surface area contributed by atoms with E-state index in [4.69, 9.17) is 9.47 Å². The SMILES string of the molecule is CC/C=C\C/C=C\C/C=C\C/C=C\CCCCCCCCC(=O)OC(CO)COC(=O)CCCCCCC/C=C\CCCC. The van der Waals surface area contributed by atoms with Crippen LogP contribution >= 0.6 is 0 Å². The number of unbranched alkanes of at least 4 members (excludes halogenated alkanes) is 13. The summed E-state index contributed by atoms with van der Waals surface area (Å²) in [4.78, 5) is 24.1. The molecule has 5 heteroatoms. The number of hydrogen-bond acceptors (Lipinski definition) is 5. The third kappa shape index (κ3) is 32.5. The molecule has 0 aromatic carbocycles. The van der Waals surface area contributed by atoms with Gasteiger partial charge < -0.3 is 14.6 Å². The van der Waals surface area contributed by atoms with Crippen LogP contribution < -0.4 is 0 Å². The van der Waals surface area contributed by atoms with Crippen molar-refractivity contribution >= 4 is 11.9 Å². The number of ether oxygens (including phenoxy) is 2. The van der Waals surface area contributed by atoms with Crippen molar-refractivity contribution in [3.8, 4) is 0 Å². The highest BCUT2D eigenvalue weighted by molar-refractivity contribution is 5.70. The minimum absolute atomic E-state index is 0.0787. The van der Waals surface area contributed by atoms with E-state index in [0.717, 1.165) is 77.0 Å². The van der Waals surface area contributed by atoms with Gasteiger partial charge in [-0.25, -0.2) is 0 Å². The Hall–Kier alpha value is -2.40. The fourth-order valence-corrected chi connectivity index (χ4v) is 4.58. The first-order chi connectivity index (χ1) is 21.6. The Balaban J connectivity index is 3.63. The maximum Gasteiger partial charge on any atom is 0.306 e. The third-order valence-corrected chi connectivity index (χ3v) is 7.30. The predicted molar refractivity (Wildman–Crippen MR) is 187 cm³/mol. The number of carbonyl (C=O) groups is 2. The van der Waals surface area contributed by atoms with E-state index in [-0.39, 0.29) is 25.2 Å². The molecule has 0 bridgehead atoms. The van der Waals surface area contributed by atoms with Crippen molar-refractivity contribution in [3.63, 3.8) is 0 Å². The second-order valence-corrected chi connectivity index (χ2v) is 11.6. The highest BCUT2D eigenvalue weighted by atomic mass is 16.6. The number of esters is 2. The molecule has 0 aromatic heterocycles. The van der Waals surface area contributed by atoms with Crippen molar-refractivity contribution in [2.75, 3.05) is 13.2 Å². The number of aliphatic hydroxyl groups is 1. The number of allylic oxidation sites excluding steroid dienone is 10. The molecule has 0 aromatic rings. The Bertz CT molecular complexity index is 792. The molecule has 0 aliphatic heterocycles. The molecule has 0 saturated heterocycles. The Morgan fingerprint density at radius 2 is 0.977 bits per heavy atom. The topological polar surface area (TPSA) is 72.8 Å². The van der Waals surface area contributed by atoms with Crippen molar-refractivity contribution in [1.29, 1.82) is 0 Å². The molecule has 44 heavy (non-hydrogen) atoms. The van der Waals surface area contributed by atoms with Crippen LogP contribution in [-0.2, 0) is 19.1 Å². The quantitative estimate of drug-likeness (QED) is 0.0478. The van der Waals surface area contributed by atoms with Crippen molar-refractivity contribution in [1.82, 2.24) is 0 Å². The van der Waals surface area contributed by atoms with Gasteiger partial charge in [-0.15, -0.1) is 0 Å². The van der Waals surface area contributed by atoms with Gasteiger partial charge in [0.2, 0.25) is 0 Å².